The van der Waals surface area contributed by atoms with E-state index in [1.165, 1.54) is 0 Å². The molecule has 22 heavy (non-hydrogen) atoms. The molecule has 0 aliphatic heterocycles. The van der Waals surface area contributed by atoms with Crippen molar-refractivity contribution in [3.8, 4) is 11.3 Å². The molecule has 1 N–H and O–H groups in total. The van der Waals surface area contributed by atoms with E-state index in [1.807, 2.05) is 44.2 Å². The molecule has 0 saturated heterocycles. The third-order valence-electron chi connectivity index (χ3n) is 3.11. The van der Waals surface area contributed by atoms with Crippen molar-refractivity contribution in [3.63, 3.8) is 0 Å². The lowest BCUT2D eigenvalue weighted by Gasteiger charge is -2.07. The summed E-state index contributed by atoms with van der Waals surface area (Å²) >= 11 is 9.64. The lowest BCUT2D eigenvalue weighted by Crippen LogP contribution is -2.17. The molecule has 0 aliphatic rings. The molecule has 5 heteroatoms. The van der Waals surface area contributed by atoms with E-state index >= 15 is 0 Å². The quantitative estimate of drug-likeness (QED) is 0.628. The van der Waals surface area contributed by atoms with Gasteiger partial charge in [0, 0.05) is 16.6 Å². The number of furan rings is 1. The largest absolute Gasteiger partial charge is 0.460 e. The minimum absolute atomic E-state index is 0.295. The smallest absolute Gasteiger partial charge is 0.135 e. The fourth-order valence-electron chi connectivity index (χ4n) is 2.03. The standard InChI is InChI=1S/C17H21BrClNO2/c1-12(2)21-9-3-8-20-11-14-5-7-17(22-14)15-6-4-13(18)10-16(15)19/h4-7,10,12,20H,3,8-9,11H2,1-2H3. The molecular formula is C17H21BrClNO2. The lowest BCUT2D eigenvalue weighted by atomic mass is 10.2. The predicted octanol–water partition coefficient (Wildman–Crippen LogP) is 5.27. The highest BCUT2D eigenvalue weighted by Gasteiger charge is 2.09. The summed E-state index contributed by atoms with van der Waals surface area (Å²) in [5.74, 6) is 1.69. The summed E-state index contributed by atoms with van der Waals surface area (Å²) in [7, 11) is 0. The molecule has 0 aliphatic carbocycles. The topological polar surface area (TPSA) is 34.4 Å². The van der Waals surface area contributed by atoms with Crippen LogP contribution in [-0.4, -0.2) is 19.3 Å². The third kappa shape index (κ3) is 5.43. The van der Waals surface area contributed by atoms with Crippen LogP contribution in [0, 0.1) is 0 Å². The molecule has 1 heterocycles. The number of nitrogens with one attached hydrogen (secondary N) is 1. The van der Waals surface area contributed by atoms with E-state index in [9.17, 15) is 0 Å². The van der Waals surface area contributed by atoms with Gasteiger partial charge in [0.1, 0.15) is 11.5 Å². The van der Waals surface area contributed by atoms with Crippen LogP contribution in [0.5, 0.6) is 0 Å². The fourth-order valence-corrected chi connectivity index (χ4v) is 2.80. The zero-order valence-electron chi connectivity index (χ0n) is 12.9. The van der Waals surface area contributed by atoms with Crippen LogP contribution < -0.4 is 5.32 Å². The van der Waals surface area contributed by atoms with Crippen molar-refractivity contribution in [2.75, 3.05) is 13.2 Å². The number of ether oxygens (including phenoxy) is 1. The van der Waals surface area contributed by atoms with Crippen molar-refractivity contribution in [1.82, 2.24) is 5.32 Å². The second-order valence-electron chi connectivity index (χ2n) is 5.34. The molecule has 120 valence electrons. The Morgan fingerprint density at radius 3 is 2.82 bits per heavy atom. The predicted molar refractivity (Wildman–Crippen MR) is 94.3 cm³/mol. The maximum absolute atomic E-state index is 6.24. The van der Waals surface area contributed by atoms with Crippen molar-refractivity contribution < 1.29 is 9.15 Å². The Labute approximate surface area is 145 Å². The number of hydrogen-bond donors (Lipinski definition) is 1. The Bertz CT molecular complexity index is 598. The minimum Gasteiger partial charge on any atom is -0.460 e. The molecule has 0 spiro atoms. The first kappa shape index (κ1) is 17.5. The van der Waals surface area contributed by atoms with Crippen LogP contribution in [0.25, 0.3) is 11.3 Å². The number of rotatable bonds is 8. The first-order chi connectivity index (χ1) is 10.6. The minimum atomic E-state index is 0.295. The SMILES string of the molecule is CC(C)OCCCNCc1ccc(-c2ccc(Br)cc2Cl)o1. The van der Waals surface area contributed by atoms with Gasteiger partial charge >= 0.3 is 0 Å². The van der Waals surface area contributed by atoms with Gasteiger partial charge in [-0.15, -0.1) is 0 Å². The highest BCUT2D eigenvalue weighted by atomic mass is 79.9. The molecule has 1 aromatic carbocycles. The first-order valence-corrected chi connectivity index (χ1v) is 8.60. The van der Waals surface area contributed by atoms with E-state index < -0.39 is 0 Å². The Morgan fingerprint density at radius 2 is 2.09 bits per heavy atom. The van der Waals surface area contributed by atoms with Crippen LogP contribution in [0.15, 0.2) is 39.2 Å². The Balaban J connectivity index is 1.81. The Morgan fingerprint density at radius 1 is 1.27 bits per heavy atom. The average molecular weight is 387 g/mol. The van der Waals surface area contributed by atoms with Gasteiger partial charge in [0.25, 0.3) is 0 Å². The van der Waals surface area contributed by atoms with Gasteiger partial charge in [-0.25, -0.2) is 0 Å². The number of hydrogen-bond acceptors (Lipinski definition) is 3. The third-order valence-corrected chi connectivity index (χ3v) is 3.91. The molecule has 0 saturated carbocycles. The average Bonchev–Trinajstić information content (AvgIpc) is 2.91. The Kier molecular flexibility index (Phi) is 6.96. The molecule has 0 fully saturated rings. The van der Waals surface area contributed by atoms with Crippen molar-refractivity contribution >= 4 is 27.5 Å². The zero-order chi connectivity index (χ0) is 15.9. The first-order valence-electron chi connectivity index (χ1n) is 7.42. The zero-order valence-corrected chi connectivity index (χ0v) is 15.2. The van der Waals surface area contributed by atoms with Crippen LogP contribution in [0.3, 0.4) is 0 Å². The Hall–Kier alpha value is -0.810. The highest BCUT2D eigenvalue weighted by molar-refractivity contribution is 9.10. The van der Waals surface area contributed by atoms with Gasteiger partial charge < -0.3 is 14.5 Å². The van der Waals surface area contributed by atoms with Crippen molar-refractivity contribution in [1.29, 1.82) is 0 Å². The van der Waals surface area contributed by atoms with E-state index in [0.717, 1.165) is 41.1 Å². The van der Waals surface area contributed by atoms with Crippen LogP contribution >= 0.6 is 27.5 Å². The molecule has 0 bridgehead atoms. The molecule has 1 aromatic heterocycles. The molecule has 0 atom stereocenters. The molecule has 2 rings (SSSR count). The summed E-state index contributed by atoms with van der Waals surface area (Å²) < 4.78 is 12.3. The summed E-state index contributed by atoms with van der Waals surface area (Å²) in [6, 6.07) is 9.70. The van der Waals surface area contributed by atoms with Gasteiger partial charge in [-0.3, -0.25) is 0 Å². The monoisotopic (exact) mass is 385 g/mol. The highest BCUT2D eigenvalue weighted by Crippen LogP contribution is 2.31. The maximum Gasteiger partial charge on any atom is 0.135 e. The summed E-state index contributed by atoms with van der Waals surface area (Å²) in [5, 5.41) is 4.02. The number of benzene rings is 1. The fraction of sp³-hybridized carbons (Fsp3) is 0.412. The van der Waals surface area contributed by atoms with Gasteiger partial charge in [0.2, 0.25) is 0 Å². The molecular weight excluding hydrogens is 366 g/mol. The molecule has 0 amide bonds. The van der Waals surface area contributed by atoms with Crippen LogP contribution in [0.1, 0.15) is 26.0 Å². The van der Waals surface area contributed by atoms with Crippen molar-refractivity contribution in [2.24, 2.45) is 0 Å². The van der Waals surface area contributed by atoms with E-state index in [1.54, 1.807) is 0 Å². The summed E-state index contributed by atoms with van der Waals surface area (Å²) in [5.41, 5.74) is 0.904. The van der Waals surface area contributed by atoms with Crippen LogP contribution in [0.2, 0.25) is 5.02 Å². The molecule has 0 radical (unpaired) electrons. The maximum atomic E-state index is 6.24. The lowest BCUT2D eigenvalue weighted by molar-refractivity contribution is 0.0770. The van der Waals surface area contributed by atoms with Gasteiger partial charge in [-0.1, -0.05) is 27.5 Å². The second-order valence-corrected chi connectivity index (χ2v) is 6.66. The van der Waals surface area contributed by atoms with E-state index in [-0.39, 0.29) is 0 Å². The van der Waals surface area contributed by atoms with E-state index in [0.29, 0.717) is 17.7 Å². The number of halogens is 2. The van der Waals surface area contributed by atoms with E-state index in [4.69, 9.17) is 20.8 Å². The molecule has 3 nitrogen and oxygen atoms in total. The second kappa shape index (κ2) is 8.73. The van der Waals surface area contributed by atoms with Gasteiger partial charge in [-0.2, -0.15) is 0 Å². The normalized spacial score (nSPS) is 11.3. The van der Waals surface area contributed by atoms with Crippen LogP contribution in [0.4, 0.5) is 0 Å². The van der Waals surface area contributed by atoms with E-state index in [2.05, 4.69) is 21.2 Å². The summed E-state index contributed by atoms with van der Waals surface area (Å²) in [6.45, 7) is 6.48. The van der Waals surface area contributed by atoms with Crippen LogP contribution in [-0.2, 0) is 11.3 Å². The van der Waals surface area contributed by atoms with Gasteiger partial charge in [-0.05, 0) is 57.1 Å². The van der Waals surface area contributed by atoms with Crippen molar-refractivity contribution in [3.05, 3.63) is 45.6 Å². The summed E-state index contributed by atoms with van der Waals surface area (Å²) in [6.07, 6.45) is 1.29. The molecule has 2 aromatic rings. The van der Waals surface area contributed by atoms with Gasteiger partial charge in [0.05, 0.1) is 17.7 Å². The van der Waals surface area contributed by atoms with Crippen molar-refractivity contribution in [2.45, 2.75) is 32.9 Å². The van der Waals surface area contributed by atoms with Gasteiger partial charge in [0.15, 0.2) is 0 Å². The summed E-state index contributed by atoms with van der Waals surface area (Å²) in [4.78, 5) is 0. The molecule has 0 unspecified atom stereocenters.